The van der Waals surface area contributed by atoms with E-state index in [1.807, 2.05) is 13.8 Å². The zero-order valence-electron chi connectivity index (χ0n) is 20.3. The van der Waals surface area contributed by atoms with Crippen molar-refractivity contribution in [2.45, 2.75) is 58.1 Å². The number of nitrogens with zero attached hydrogens (tertiary/aromatic N) is 3. The molecule has 3 aromatic rings. The molecule has 0 bridgehead atoms. The smallest absolute Gasteiger partial charge is 0.279 e. The standard InChI is InChI=1S/C27H28F2N4O3/c1-3-16(4-2)30-26(34)24-15-32(22-9-5-6-11-23(22)36-24)27(35)25-18-8-7-10-21(18)33(31-25)17-12-13-19(28)20(29)14-17/h5-6,9,11-14,16,24H,3-4,7-8,10,15H2,1-2H3,(H,30,34). The molecule has 1 aliphatic carbocycles. The number of aromatic nitrogens is 2. The molecule has 0 radical (unpaired) electrons. The molecule has 1 atom stereocenters. The number of benzene rings is 2. The number of hydrogen-bond donors (Lipinski definition) is 1. The third kappa shape index (κ3) is 4.23. The lowest BCUT2D eigenvalue weighted by atomic mass is 10.1. The van der Waals surface area contributed by atoms with E-state index in [2.05, 4.69) is 10.4 Å². The van der Waals surface area contributed by atoms with Crippen molar-refractivity contribution in [1.29, 1.82) is 0 Å². The topological polar surface area (TPSA) is 76.5 Å². The molecule has 0 spiro atoms. The van der Waals surface area contributed by atoms with Gasteiger partial charge in [0.05, 0.1) is 17.9 Å². The van der Waals surface area contributed by atoms with E-state index in [1.54, 1.807) is 24.3 Å². The van der Waals surface area contributed by atoms with Crippen molar-refractivity contribution in [3.8, 4) is 11.4 Å². The molecule has 2 heterocycles. The number of nitrogens with one attached hydrogen (secondary N) is 1. The van der Waals surface area contributed by atoms with Crippen molar-refractivity contribution in [2.75, 3.05) is 11.4 Å². The number of anilines is 1. The lowest BCUT2D eigenvalue weighted by Crippen LogP contribution is -2.52. The molecule has 7 nitrogen and oxygen atoms in total. The molecule has 5 rings (SSSR count). The second-order valence-electron chi connectivity index (χ2n) is 9.15. The molecule has 1 unspecified atom stereocenters. The fourth-order valence-corrected chi connectivity index (χ4v) is 4.92. The van der Waals surface area contributed by atoms with Crippen molar-refractivity contribution in [2.24, 2.45) is 0 Å². The Morgan fingerprint density at radius 1 is 1.11 bits per heavy atom. The molecule has 0 saturated carbocycles. The van der Waals surface area contributed by atoms with Crippen LogP contribution in [-0.2, 0) is 17.6 Å². The molecule has 1 N–H and O–H groups in total. The first-order valence-corrected chi connectivity index (χ1v) is 12.3. The number of amides is 2. The first-order chi connectivity index (χ1) is 17.4. The molecule has 0 saturated heterocycles. The van der Waals surface area contributed by atoms with Gasteiger partial charge in [0.1, 0.15) is 5.75 Å². The minimum atomic E-state index is -0.976. The Kier molecular flexibility index (Phi) is 6.47. The zero-order valence-corrected chi connectivity index (χ0v) is 20.3. The predicted octanol–water partition coefficient (Wildman–Crippen LogP) is 4.35. The van der Waals surface area contributed by atoms with Crippen molar-refractivity contribution in [3.63, 3.8) is 0 Å². The summed E-state index contributed by atoms with van der Waals surface area (Å²) in [6.45, 7) is 4.05. The maximum Gasteiger partial charge on any atom is 0.279 e. The Labute approximate surface area is 208 Å². The first-order valence-electron chi connectivity index (χ1n) is 12.3. The minimum Gasteiger partial charge on any atom is -0.477 e. The molecule has 1 aliphatic heterocycles. The van der Waals surface area contributed by atoms with Crippen LogP contribution in [0.4, 0.5) is 14.5 Å². The number of fused-ring (bicyclic) bond motifs is 2. The number of halogens is 2. The van der Waals surface area contributed by atoms with Gasteiger partial charge in [0.15, 0.2) is 23.4 Å². The number of hydrogen-bond acceptors (Lipinski definition) is 4. The molecular weight excluding hydrogens is 466 g/mol. The summed E-state index contributed by atoms with van der Waals surface area (Å²) in [6, 6.07) is 10.7. The molecule has 2 aliphatic rings. The average Bonchev–Trinajstić information content (AvgIpc) is 3.51. The van der Waals surface area contributed by atoms with E-state index in [0.717, 1.165) is 42.7 Å². The summed E-state index contributed by atoms with van der Waals surface area (Å²) in [5.41, 5.74) is 2.78. The van der Waals surface area contributed by atoms with Gasteiger partial charge >= 0.3 is 0 Å². The van der Waals surface area contributed by atoms with E-state index in [4.69, 9.17) is 4.74 Å². The van der Waals surface area contributed by atoms with Gasteiger partial charge in [-0.25, -0.2) is 13.5 Å². The van der Waals surface area contributed by atoms with E-state index < -0.39 is 17.7 Å². The molecule has 9 heteroatoms. The summed E-state index contributed by atoms with van der Waals surface area (Å²) in [7, 11) is 0. The maximum atomic E-state index is 14.0. The molecule has 2 amide bonds. The van der Waals surface area contributed by atoms with E-state index in [9.17, 15) is 18.4 Å². The molecule has 2 aromatic carbocycles. The van der Waals surface area contributed by atoms with Crippen molar-refractivity contribution in [1.82, 2.24) is 15.1 Å². The van der Waals surface area contributed by atoms with Gasteiger partial charge in [0, 0.05) is 23.4 Å². The fraction of sp³-hybridized carbons (Fsp3) is 0.370. The monoisotopic (exact) mass is 494 g/mol. The summed E-state index contributed by atoms with van der Waals surface area (Å²) in [4.78, 5) is 28.5. The van der Waals surface area contributed by atoms with Crippen LogP contribution < -0.4 is 15.0 Å². The highest BCUT2D eigenvalue weighted by molar-refractivity contribution is 6.07. The lowest BCUT2D eigenvalue weighted by Gasteiger charge is -2.34. The fourth-order valence-electron chi connectivity index (χ4n) is 4.92. The minimum absolute atomic E-state index is 0.0255. The highest BCUT2D eigenvalue weighted by Crippen LogP contribution is 2.36. The summed E-state index contributed by atoms with van der Waals surface area (Å²) < 4.78 is 35.0. The largest absolute Gasteiger partial charge is 0.477 e. The molecule has 188 valence electrons. The Morgan fingerprint density at radius 2 is 1.89 bits per heavy atom. The van der Waals surface area contributed by atoms with Gasteiger partial charge in [-0.05, 0) is 56.4 Å². The van der Waals surface area contributed by atoms with Gasteiger partial charge in [0.25, 0.3) is 11.8 Å². The van der Waals surface area contributed by atoms with Gasteiger partial charge in [-0.1, -0.05) is 26.0 Å². The summed E-state index contributed by atoms with van der Waals surface area (Å²) in [5, 5.41) is 7.57. The van der Waals surface area contributed by atoms with Crippen molar-refractivity contribution in [3.05, 3.63) is 71.1 Å². The lowest BCUT2D eigenvalue weighted by molar-refractivity contribution is -0.128. The summed E-state index contributed by atoms with van der Waals surface area (Å²) in [5.74, 6) is -2.10. The van der Waals surface area contributed by atoms with Crippen LogP contribution in [0.3, 0.4) is 0 Å². The van der Waals surface area contributed by atoms with Crippen LogP contribution in [-0.4, -0.2) is 40.3 Å². The van der Waals surface area contributed by atoms with Crippen molar-refractivity contribution < 1.29 is 23.1 Å². The van der Waals surface area contributed by atoms with Gasteiger partial charge in [-0.2, -0.15) is 5.10 Å². The number of rotatable bonds is 6. The van der Waals surface area contributed by atoms with Crippen LogP contribution in [0.15, 0.2) is 42.5 Å². The second-order valence-corrected chi connectivity index (χ2v) is 9.15. The molecular formula is C27H28F2N4O3. The van der Waals surface area contributed by atoms with Crippen LogP contribution in [0.25, 0.3) is 5.69 Å². The SMILES string of the molecule is CCC(CC)NC(=O)C1CN(C(=O)c2nn(-c3ccc(F)c(F)c3)c3c2CCC3)c2ccccc2O1. The van der Waals surface area contributed by atoms with E-state index in [-0.39, 0.29) is 30.1 Å². The number of carbonyl (C=O) groups excluding carboxylic acids is 2. The van der Waals surface area contributed by atoms with Crippen LogP contribution in [0.5, 0.6) is 5.75 Å². The van der Waals surface area contributed by atoms with Crippen LogP contribution >= 0.6 is 0 Å². The third-order valence-electron chi connectivity index (χ3n) is 6.92. The van der Waals surface area contributed by atoms with Crippen LogP contribution in [0.2, 0.25) is 0 Å². The van der Waals surface area contributed by atoms with Gasteiger partial charge in [-0.3, -0.25) is 14.5 Å². The summed E-state index contributed by atoms with van der Waals surface area (Å²) in [6.07, 6.45) is 2.88. The number of ether oxygens (including phenoxy) is 1. The van der Waals surface area contributed by atoms with E-state index >= 15 is 0 Å². The Bertz CT molecular complexity index is 1320. The first kappa shape index (κ1) is 24.0. The highest BCUT2D eigenvalue weighted by Gasteiger charge is 2.37. The Balaban J connectivity index is 1.50. The normalized spacial score (nSPS) is 16.5. The van der Waals surface area contributed by atoms with Gasteiger partial charge in [-0.15, -0.1) is 0 Å². The summed E-state index contributed by atoms with van der Waals surface area (Å²) >= 11 is 0. The predicted molar refractivity (Wildman–Crippen MR) is 131 cm³/mol. The van der Waals surface area contributed by atoms with Gasteiger partial charge in [0.2, 0.25) is 0 Å². The van der Waals surface area contributed by atoms with Crippen LogP contribution in [0.1, 0.15) is 54.9 Å². The number of carbonyl (C=O) groups is 2. The molecule has 0 fully saturated rings. The average molecular weight is 495 g/mol. The van der Waals surface area contributed by atoms with Crippen LogP contribution in [0, 0.1) is 11.6 Å². The van der Waals surface area contributed by atoms with E-state index in [0.29, 0.717) is 30.0 Å². The second kappa shape index (κ2) is 9.72. The third-order valence-corrected chi connectivity index (χ3v) is 6.92. The maximum absolute atomic E-state index is 14.0. The van der Waals surface area contributed by atoms with E-state index in [1.165, 1.54) is 15.6 Å². The molecule has 36 heavy (non-hydrogen) atoms. The van der Waals surface area contributed by atoms with Crippen molar-refractivity contribution >= 4 is 17.5 Å². The Morgan fingerprint density at radius 3 is 2.64 bits per heavy atom. The van der Waals surface area contributed by atoms with Gasteiger partial charge < -0.3 is 10.1 Å². The Hall–Kier alpha value is -3.75. The highest BCUT2D eigenvalue weighted by atomic mass is 19.2. The zero-order chi connectivity index (χ0) is 25.4. The molecule has 1 aromatic heterocycles. The number of para-hydroxylation sites is 2. The quantitative estimate of drug-likeness (QED) is 0.553.